The van der Waals surface area contributed by atoms with Crippen molar-refractivity contribution in [3.63, 3.8) is 0 Å². The van der Waals surface area contributed by atoms with Gasteiger partial charge in [0.15, 0.2) is 0 Å². The quantitative estimate of drug-likeness (QED) is 0.232. The second kappa shape index (κ2) is 23.7. The molecule has 0 fully saturated rings. The fourth-order valence-electron chi connectivity index (χ4n) is 0. The summed E-state index contributed by atoms with van der Waals surface area (Å²) in [7, 11) is -5.17. The number of carboxylic acids is 1. The predicted octanol–water partition coefficient (Wildman–Crippen LogP) is -8.43. The van der Waals surface area contributed by atoms with E-state index in [1.54, 1.807) is 0 Å². The van der Waals surface area contributed by atoms with Gasteiger partial charge in [-0.05, 0) is 6.92 Å². The summed E-state index contributed by atoms with van der Waals surface area (Å²) >= 11 is 0. The van der Waals surface area contributed by atoms with Gasteiger partial charge in [-0.3, -0.25) is 8.42 Å². The van der Waals surface area contributed by atoms with E-state index in [0.29, 0.717) is 0 Å². The number of rotatable bonds is 0. The molecule has 6 N–H and O–H groups in total. The SMILES string of the molecule is CC(=O)[O-].O.O.O.O=S(=O)([O-])[O-].[Mg+2].[Na+]. The molecule has 0 heterocycles. The monoisotopic (exact) mass is 256 g/mol. The maximum Gasteiger partial charge on any atom is 2.00 e. The van der Waals surface area contributed by atoms with Gasteiger partial charge in [-0.15, -0.1) is 0 Å². The minimum absolute atomic E-state index is 0. The Bertz CT molecular complexity index is 165. The topological polar surface area (TPSA) is 215 Å². The van der Waals surface area contributed by atoms with Gasteiger partial charge in [-0.1, -0.05) is 0 Å². The van der Waals surface area contributed by atoms with Crippen LogP contribution in [0.25, 0.3) is 0 Å². The molecule has 0 bridgehead atoms. The smallest absolute Gasteiger partial charge is 0.759 e. The standard InChI is InChI=1S/C2H4O2.Mg.Na.H2O4S.3H2O/c1-2(3)4;;;1-5(2,3)4;;;/h1H3,(H,3,4);;;(H2,1,2,3,4);3*1H2/q;+2;+1;;;;/p-3. The van der Waals surface area contributed by atoms with E-state index in [1.165, 1.54) is 0 Å². The minimum Gasteiger partial charge on any atom is -0.759 e. The first-order valence-electron chi connectivity index (χ1n) is 1.57. The molecule has 14 heavy (non-hydrogen) atoms. The van der Waals surface area contributed by atoms with Gasteiger partial charge in [0.25, 0.3) is 0 Å². The Morgan fingerprint density at radius 3 is 1.07 bits per heavy atom. The molecule has 0 saturated heterocycles. The number of hydrogen-bond acceptors (Lipinski definition) is 6. The Morgan fingerprint density at radius 1 is 1.07 bits per heavy atom. The van der Waals surface area contributed by atoms with Gasteiger partial charge in [0.1, 0.15) is 0 Å². The summed E-state index contributed by atoms with van der Waals surface area (Å²) < 4.78 is 34.1. The number of carboxylic acid groups (broad SMARTS) is 1. The van der Waals surface area contributed by atoms with Crippen LogP contribution in [-0.4, -0.2) is 63.0 Å². The zero-order chi connectivity index (χ0) is 8.08. The molecule has 0 aromatic carbocycles. The molecule has 0 aromatic heterocycles. The Kier molecular flexibility index (Phi) is 77.7. The Morgan fingerprint density at radius 2 is 1.07 bits per heavy atom. The van der Waals surface area contributed by atoms with E-state index in [4.69, 9.17) is 27.4 Å². The molecule has 12 heteroatoms. The van der Waals surface area contributed by atoms with Crippen LogP contribution in [0.3, 0.4) is 0 Å². The van der Waals surface area contributed by atoms with Crippen LogP contribution in [0.1, 0.15) is 6.92 Å². The minimum atomic E-state index is -5.17. The van der Waals surface area contributed by atoms with Crippen molar-refractivity contribution in [2.75, 3.05) is 0 Å². The van der Waals surface area contributed by atoms with Crippen LogP contribution in [-0.2, 0) is 15.2 Å². The summed E-state index contributed by atoms with van der Waals surface area (Å²) in [5, 5.41) is 8.89. The van der Waals surface area contributed by atoms with Gasteiger partial charge >= 0.3 is 52.6 Å². The summed E-state index contributed by atoms with van der Waals surface area (Å²) in [6.45, 7) is 0.972. The summed E-state index contributed by atoms with van der Waals surface area (Å²) in [6, 6.07) is 0. The molecule has 0 aromatic rings. The van der Waals surface area contributed by atoms with E-state index in [-0.39, 0.29) is 69.0 Å². The van der Waals surface area contributed by atoms with Crippen molar-refractivity contribution in [1.29, 1.82) is 0 Å². The molecule has 0 aliphatic heterocycles. The molecule has 0 amide bonds. The van der Waals surface area contributed by atoms with E-state index >= 15 is 0 Å². The maximum absolute atomic E-state index is 8.89. The van der Waals surface area contributed by atoms with Crippen LogP contribution >= 0.6 is 0 Å². The van der Waals surface area contributed by atoms with E-state index in [9.17, 15) is 0 Å². The zero-order valence-electron chi connectivity index (χ0n) is 7.56. The average molecular weight is 256 g/mol. The average Bonchev–Trinajstić information content (AvgIpc) is 1.19. The van der Waals surface area contributed by atoms with Crippen molar-refractivity contribution in [2.45, 2.75) is 6.92 Å². The fraction of sp³-hybridized carbons (Fsp3) is 0.500. The van der Waals surface area contributed by atoms with Gasteiger partial charge in [-0.25, -0.2) is 0 Å². The molecule has 0 spiro atoms. The molecule has 0 aliphatic rings. The predicted molar refractivity (Wildman–Crippen MR) is 37.8 cm³/mol. The van der Waals surface area contributed by atoms with E-state index < -0.39 is 16.4 Å². The summed E-state index contributed by atoms with van der Waals surface area (Å²) in [4.78, 5) is 8.89. The summed E-state index contributed by atoms with van der Waals surface area (Å²) in [6.07, 6.45) is 0. The fourth-order valence-corrected chi connectivity index (χ4v) is 0. The van der Waals surface area contributed by atoms with Gasteiger partial charge in [-0.2, -0.15) is 0 Å². The van der Waals surface area contributed by atoms with E-state index in [2.05, 4.69) is 0 Å². The number of carbonyl (C=O) groups is 1. The molecule has 0 atom stereocenters. The van der Waals surface area contributed by atoms with Crippen molar-refractivity contribution >= 4 is 39.4 Å². The molecular weight excluding hydrogens is 247 g/mol. The molecular formula is C2H9MgNaO9S. The Balaban J connectivity index is -0.0000000104. The first-order chi connectivity index (χ1) is 3.73. The first-order valence-corrected chi connectivity index (χ1v) is 2.91. The maximum atomic E-state index is 8.89. The van der Waals surface area contributed by atoms with Crippen LogP contribution < -0.4 is 34.7 Å². The molecule has 80 valence electrons. The number of hydrogen-bond donors (Lipinski definition) is 0. The van der Waals surface area contributed by atoms with E-state index in [0.717, 1.165) is 6.92 Å². The van der Waals surface area contributed by atoms with Gasteiger partial charge in [0.2, 0.25) is 0 Å². The van der Waals surface area contributed by atoms with Crippen molar-refractivity contribution in [3.05, 3.63) is 0 Å². The van der Waals surface area contributed by atoms with Gasteiger partial charge in [0, 0.05) is 16.4 Å². The third-order valence-corrected chi connectivity index (χ3v) is 0. The molecule has 9 nitrogen and oxygen atoms in total. The molecule has 0 aliphatic carbocycles. The van der Waals surface area contributed by atoms with Crippen LogP contribution in [0.15, 0.2) is 0 Å². The van der Waals surface area contributed by atoms with Crippen molar-refractivity contribution in [3.8, 4) is 0 Å². The van der Waals surface area contributed by atoms with Crippen LogP contribution in [0.5, 0.6) is 0 Å². The second-order valence-corrected chi connectivity index (χ2v) is 1.72. The van der Waals surface area contributed by atoms with Crippen LogP contribution in [0, 0.1) is 0 Å². The summed E-state index contributed by atoms with van der Waals surface area (Å²) in [5.41, 5.74) is 0. The van der Waals surface area contributed by atoms with Crippen LogP contribution in [0.4, 0.5) is 0 Å². The van der Waals surface area contributed by atoms with Crippen molar-refractivity contribution in [2.24, 2.45) is 0 Å². The van der Waals surface area contributed by atoms with Gasteiger partial charge in [0.05, 0.1) is 0 Å². The molecule has 0 unspecified atom stereocenters. The largest absolute Gasteiger partial charge is 2.00 e. The third-order valence-electron chi connectivity index (χ3n) is 0. The molecule has 0 radical (unpaired) electrons. The second-order valence-electron chi connectivity index (χ2n) is 0.900. The molecule has 0 rings (SSSR count). The van der Waals surface area contributed by atoms with Crippen molar-refractivity contribution in [1.82, 2.24) is 0 Å². The third kappa shape index (κ3) is 1920. The summed E-state index contributed by atoms with van der Waals surface area (Å²) in [5.74, 6) is -1.08. The molecule has 0 saturated carbocycles. The van der Waals surface area contributed by atoms with Crippen molar-refractivity contribution < 1.29 is 73.4 Å². The first kappa shape index (κ1) is 46.0. The zero-order valence-corrected chi connectivity index (χ0v) is 11.8. The van der Waals surface area contributed by atoms with E-state index in [1.807, 2.05) is 0 Å². The Hall–Kier alpha value is 0.986. The number of aliphatic carboxylic acids is 1. The van der Waals surface area contributed by atoms with Gasteiger partial charge < -0.3 is 35.4 Å². The normalized spacial score (nSPS) is 5.93. The Labute approximate surface area is 119 Å². The number of carbonyl (C=O) groups excluding carboxylic acids is 1. The van der Waals surface area contributed by atoms with Crippen LogP contribution in [0.2, 0.25) is 0 Å².